The molecular weight excluding hydrogens is 461 g/mol. The van der Waals surface area contributed by atoms with Gasteiger partial charge in [-0.2, -0.15) is 13.2 Å². The first kappa shape index (κ1) is 24.5. The Hall–Kier alpha value is -4.15. The van der Waals surface area contributed by atoms with Gasteiger partial charge >= 0.3 is 12.1 Å². The van der Waals surface area contributed by atoms with Crippen LogP contribution >= 0.6 is 0 Å². The van der Waals surface area contributed by atoms with Gasteiger partial charge in [0.25, 0.3) is 5.91 Å². The molecule has 0 aliphatic rings. The molecule has 2 amide bonds. The summed E-state index contributed by atoms with van der Waals surface area (Å²) in [6.45, 7) is -1.32. The van der Waals surface area contributed by atoms with E-state index in [9.17, 15) is 36.3 Å². The predicted molar refractivity (Wildman–Crippen MR) is 111 cm³/mol. The molecule has 0 unspecified atom stereocenters. The molecule has 0 aliphatic carbocycles. The van der Waals surface area contributed by atoms with Crippen molar-refractivity contribution in [2.24, 2.45) is 0 Å². The van der Waals surface area contributed by atoms with Crippen LogP contribution in [0.4, 0.5) is 27.6 Å². The van der Waals surface area contributed by atoms with Crippen molar-refractivity contribution >= 4 is 23.3 Å². The zero-order valence-electron chi connectivity index (χ0n) is 17.3. The molecule has 3 aromatic rings. The molecule has 1 aromatic heterocycles. The summed E-state index contributed by atoms with van der Waals surface area (Å²) in [5.41, 5.74) is 0.0483. The summed E-state index contributed by atoms with van der Waals surface area (Å²) in [5, 5.41) is 1.42. The van der Waals surface area contributed by atoms with Crippen LogP contribution in [0.25, 0.3) is 0 Å². The van der Waals surface area contributed by atoms with Crippen molar-refractivity contribution < 1.29 is 36.3 Å². The SMILES string of the molecule is O=C(CNC(=O)C(F)(F)F)c1ccc(CN(C(=O)c2ccncc2)c2cccc(F)c2)c(F)c1. The van der Waals surface area contributed by atoms with Crippen LogP contribution in [0, 0.1) is 11.6 Å². The van der Waals surface area contributed by atoms with E-state index in [-0.39, 0.29) is 28.9 Å². The summed E-state index contributed by atoms with van der Waals surface area (Å²) in [6.07, 6.45) is -2.39. The van der Waals surface area contributed by atoms with E-state index in [1.165, 1.54) is 54.1 Å². The van der Waals surface area contributed by atoms with Crippen LogP contribution in [-0.4, -0.2) is 35.3 Å². The number of benzene rings is 2. The fourth-order valence-corrected chi connectivity index (χ4v) is 2.96. The number of rotatable bonds is 7. The maximum absolute atomic E-state index is 14.8. The predicted octanol–water partition coefficient (Wildman–Crippen LogP) is 4.07. The van der Waals surface area contributed by atoms with Gasteiger partial charge in [-0.15, -0.1) is 0 Å². The number of hydrogen-bond donors (Lipinski definition) is 1. The summed E-state index contributed by atoms with van der Waals surface area (Å²) in [7, 11) is 0. The Morgan fingerprint density at radius 3 is 2.24 bits per heavy atom. The van der Waals surface area contributed by atoms with Crippen LogP contribution in [0.3, 0.4) is 0 Å². The number of anilines is 1. The third-order valence-corrected chi connectivity index (χ3v) is 4.66. The molecule has 34 heavy (non-hydrogen) atoms. The van der Waals surface area contributed by atoms with Gasteiger partial charge in [0.05, 0.1) is 13.1 Å². The first-order chi connectivity index (χ1) is 16.1. The van der Waals surface area contributed by atoms with E-state index in [1.54, 1.807) is 0 Å². The number of nitrogens with zero attached hydrogens (tertiary/aromatic N) is 2. The van der Waals surface area contributed by atoms with Crippen molar-refractivity contribution in [1.82, 2.24) is 10.3 Å². The molecule has 0 bridgehead atoms. The molecule has 6 nitrogen and oxygen atoms in total. The maximum atomic E-state index is 14.8. The first-order valence-electron chi connectivity index (χ1n) is 9.70. The van der Waals surface area contributed by atoms with Gasteiger partial charge < -0.3 is 10.2 Å². The van der Waals surface area contributed by atoms with E-state index < -0.39 is 42.0 Å². The Labute approximate surface area is 190 Å². The van der Waals surface area contributed by atoms with Crippen LogP contribution in [-0.2, 0) is 11.3 Å². The van der Waals surface area contributed by atoms with E-state index in [1.807, 2.05) is 0 Å². The van der Waals surface area contributed by atoms with Gasteiger partial charge in [-0.3, -0.25) is 19.4 Å². The summed E-state index contributed by atoms with van der Waals surface area (Å²) >= 11 is 0. The summed E-state index contributed by atoms with van der Waals surface area (Å²) in [4.78, 5) is 40.9. The molecule has 1 N–H and O–H groups in total. The normalized spacial score (nSPS) is 11.1. The maximum Gasteiger partial charge on any atom is 0.471 e. The highest BCUT2D eigenvalue weighted by molar-refractivity contribution is 6.06. The zero-order chi connectivity index (χ0) is 24.9. The fraction of sp³-hybridized carbons (Fsp3) is 0.130. The molecule has 0 aliphatic heterocycles. The number of carbonyl (C=O) groups is 3. The summed E-state index contributed by atoms with van der Waals surface area (Å²) in [5.74, 6) is -5.34. The monoisotopic (exact) mass is 477 g/mol. The van der Waals surface area contributed by atoms with Gasteiger partial charge in [0, 0.05) is 34.8 Å². The smallest absolute Gasteiger partial charge is 0.341 e. The average molecular weight is 477 g/mol. The molecule has 176 valence electrons. The summed E-state index contributed by atoms with van der Waals surface area (Å²) in [6, 6.07) is 11.1. The lowest BCUT2D eigenvalue weighted by atomic mass is 10.1. The van der Waals surface area contributed by atoms with Crippen LogP contribution in [0.15, 0.2) is 67.0 Å². The van der Waals surface area contributed by atoms with Gasteiger partial charge in [-0.1, -0.05) is 18.2 Å². The van der Waals surface area contributed by atoms with Gasteiger partial charge in [-0.25, -0.2) is 8.78 Å². The number of alkyl halides is 3. The van der Waals surface area contributed by atoms with Crippen LogP contribution < -0.4 is 10.2 Å². The highest BCUT2D eigenvalue weighted by Gasteiger charge is 2.38. The first-order valence-corrected chi connectivity index (χ1v) is 9.70. The van der Waals surface area contributed by atoms with E-state index in [0.717, 1.165) is 23.1 Å². The van der Waals surface area contributed by atoms with Gasteiger partial charge in [0.2, 0.25) is 0 Å². The van der Waals surface area contributed by atoms with E-state index in [4.69, 9.17) is 0 Å². The average Bonchev–Trinajstić information content (AvgIpc) is 2.81. The van der Waals surface area contributed by atoms with Crippen molar-refractivity contribution in [2.45, 2.75) is 12.7 Å². The van der Waals surface area contributed by atoms with E-state index in [0.29, 0.717) is 0 Å². The number of amides is 2. The standard InChI is InChI=1S/C23H16F5N3O3/c24-17-2-1-3-18(11-17)31(21(33)14-6-8-29-9-7-14)13-16-5-4-15(10-19(16)25)20(32)12-30-22(34)23(26,27)28/h1-11H,12-13H2,(H,30,34). The third kappa shape index (κ3) is 6.00. The molecular formula is C23H16F5N3O3. The number of pyridine rings is 1. The Bertz CT molecular complexity index is 1220. The minimum absolute atomic E-state index is 0.0393. The molecule has 0 saturated heterocycles. The Balaban J connectivity index is 1.83. The van der Waals surface area contributed by atoms with Gasteiger partial charge in [0.15, 0.2) is 5.78 Å². The zero-order valence-corrected chi connectivity index (χ0v) is 17.3. The molecule has 0 atom stereocenters. The lowest BCUT2D eigenvalue weighted by Crippen LogP contribution is -2.39. The number of nitrogens with one attached hydrogen (secondary N) is 1. The second-order valence-corrected chi connectivity index (χ2v) is 7.02. The molecule has 0 spiro atoms. The molecule has 2 aromatic carbocycles. The Kier molecular flexibility index (Phi) is 7.34. The second kappa shape index (κ2) is 10.2. The van der Waals surface area contributed by atoms with Gasteiger partial charge in [0.1, 0.15) is 11.6 Å². The van der Waals surface area contributed by atoms with Crippen LogP contribution in [0.2, 0.25) is 0 Å². The Morgan fingerprint density at radius 1 is 0.912 bits per heavy atom. The van der Waals surface area contributed by atoms with Crippen molar-refractivity contribution in [3.05, 3.63) is 95.3 Å². The topological polar surface area (TPSA) is 79.4 Å². The lowest BCUT2D eigenvalue weighted by Gasteiger charge is -2.23. The van der Waals surface area contributed by atoms with Gasteiger partial charge in [-0.05, 0) is 36.4 Å². The van der Waals surface area contributed by atoms with Crippen molar-refractivity contribution in [3.63, 3.8) is 0 Å². The van der Waals surface area contributed by atoms with E-state index >= 15 is 0 Å². The largest absolute Gasteiger partial charge is 0.471 e. The van der Waals surface area contributed by atoms with Crippen LogP contribution in [0.1, 0.15) is 26.3 Å². The molecule has 0 saturated carbocycles. The molecule has 11 heteroatoms. The number of aromatic nitrogens is 1. The van der Waals surface area contributed by atoms with Crippen molar-refractivity contribution in [2.75, 3.05) is 11.4 Å². The highest BCUT2D eigenvalue weighted by Crippen LogP contribution is 2.23. The highest BCUT2D eigenvalue weighted by atomic mass is 19.4. The van der Waals surface area contributed by atoms with Crippen molar-refractivity contribution in [1.29, 1.82) is 0 Å². The minimum atomic E-state index is -5.16. The summed E-state index contributed by atoms with van der Waals surface area (Å²) < 4.78 is 65.3. The van der Waals surface area contributed by atoms with Crippen LogP contribution in [0.5, 0.6) is 0 Å². The Morgan fingerprint density at radius 2 is 1.62 bits per heavy atom. The lowest BCUT2D eigenvalue weighted by molar-refractivity contribution is -0.173. The second-order valence-electron chi connectivity index (χ2n) is 7.02. The molecule has 1 heterocycles. The number of ketones is 1. The number of hydrogen-bond acceptors (Lipinski definition) is 4. The molecule has 0 radical (unpaired) electrons. The van der Waals surface area contributed by atoms with E-state index in [2.05, 4.69) is 4.98 Å². The third-order valence-electron chi connectivity index (χ3n) is 4.66. The quantitative estimate of drug-likeness (QED) is 0.411. The number of Topliss-reactive ketones (excluding diaryl/α,β-unsaturated/α-hetero) is 1. The fourth-order valence-electron chi connectivity index (χ4n) is 2.96. The molecule has 3 rings (SSSR count). The minimum Gasteiger partial charge on any atom is -0.341 e. The number of carbonyl (C=O) groups excluding carboxylic acids is 3. The van der Waals surface area contributed by atoms with Crippen molar-refractivity contribution in [3.8, 4) is 0 Å². The number of halogens is 5. The molecule has 0 fully saturated rings.